The monoisotopic (exact) mass is 468 g/mol. The smallest absolute Gasteiger partial charge is 0.338 e. The maximum atomic E-state index is 12.2. The molecular formula is C28H28N4O3. The van der Waals surface area contributed by atoms with Crippen molar-refractivity contribution >= 4 is 11.9 Å². The lowest BCUT2D eigenvalue weighted by Crippen LogP contribution is -2.23. The van der Waals surface area contributed by atoms with Crippen LogP contribution in [0.25, 0.3) is 16.8 Å². The van der Waals surface area contributed by atoms with Crippen LogP contribution in [-0.2, 0) is 11.2 Å². The van der Waals surface area contributed by atoms with Crippen LogP contribution in [0.5, 0.6) is 0 Å². The molecule has 0 saturated heterocycles. The van der Waals surface area contributed by atoms with E-state index in [1.165, 1.54) is 5.56 Å². The van der Waals surface area contributed by atoms with Gasteiger partial charge in [0.15, 0.2) is 0 Å². The van der Waals surface area contributed by atoms with Crippen LogP contribution >= 0.6 is 0 Å². The van der Waals surface area contributed by atoms with Gasteiger partial charge in [0.25, 0.3) is 5.91 Å². The fourth-order valence-electron chi connectivity index (χ4n) is 3.68. The molecule has 7 nitrogen and oxygen atoms in total. The number of nitrogens with zero attached hydrogens (tertiary/aromatic N) is 3. The Morgan fingerprint density at radius 2 is 1.37 bits per heavy atom. The van der Waals surface area contributed by atoms with Crippen molar-refractivity contribution in [1.29, 1.82) is 0 Å². The van der Waals surface area contributed by atoms with E-state index >= 15 is 0 Å². The highest BCUT2D eigenvalue weighted by atomic mass is 16.6. The maximum absolute atomic E-state index is 12.2. The Labute approximate surface area is 204 Å². The number of hydrogen-bond acceptors (Lipinski definition) is 5. The van der Waals surface area contributed by atoms with E-state index in [4.69, 9.17) is 10.5 Å². The highest BCUT2D eigenvalue weighted by Gasteiger charge is 2.17. The van der Waals surface area contributed by atoms with Gasteiger partial charge < -0.3 is 10.5 Å². The first kappa shape index (κ1) is 23.9. The van der Waals surface area contributed by atoms with Gasteiger partial charge in [0, 0.05) is 0 Å². The highest BCUT2D eigenvalue weighted by Crippen LogP contribution is 2.23. The highest BCUT2D eigenvalue weighted by molar-refractivity contribution is 5.90. The van der Waals surface area contributed by atoms with Crippen molar-refractivity contribution in [3.63, 3.8) is 0 Å². The minimum atomic E-state index is -0.647. The van der Waals surface area contributed by atoms with E-state index in [9.17, 15) is 9.59 Å². The number of ether oxygens (including phenoxy) is 1. The third-order valence-corrected chi connectivity index (χ3v) is 5.39. The zero-order valence-corrected chi connectivity index (χ0v) is 20.3. The van der Waals surface area contributed by atoms with Gasteiger partial charge in [0.1, 0.15) is 11.4 Å². The van der Waals surface area contributed by atoms with Gasteiger partial charge in [-0.2, -0.15) is 0 Å². The topological polar surface area (TPSA) is 100 Å². The average Bonchev–Trinajstić information content (AvgIpc) is 3.21. The van der Waals surface area contributed by atoms with Gasteiger partial charge in [0.05, 0.1) is 11.3 Å². The standard InChI is InChI=1S/C28H28N4O3/c1-18-30-26(25(29)33)31-32(18)24-15-7-20(8-16-24)17-19-5-9-21(10-6-19)22-11-13-23(14-12-22)27(34)35-28(2,3)4/h5-16H,17H2,1-4H3,(H2,29,33). The van der Waals surface area contributed by atoms with Crippen LogP contribution in [0.15, 0.2) is 72.8 Å². The fourth-order valence-corrected chi connectivity index (χ4v) is 3.68. The number of carbonyl (C=O) groups excluding carboxylic acids is 2. The summed E-state index contributed by atoms with van der Waals surface area (Å²) in [6, 6.07) is 23.8. The summed E-state index contributed by atoms with van der Waals surface area (Å²) in [6.07, 6.45) is 0.779. The number of aryl methyl sites for hydroxylation is 1. The zero-order chi connectivity index (χ0) is 25.2. The Morgan fingerprint density at radius 3 is 1.86 bits per heavy atom. The first-order valence-corrected chi connectivity index (χ1v) is 11.3. The number of hydrogen-bond donors (Lipinski definition) is 1. The van der Waals surface area contributed by atoms with Gasteiger partial charge >= 0.3 is 5.97 Å². The minimum Gasteiger partial charge on any atom is -0.456 e. The van der Waals surface area contributed by atoms with Crippen molar-refractivity contribution in [2.24, 2.45) is 5.73 Å². The second-order valence-electron chi connectivity index (χ2n) is 9.38. The molecule has 0 radical (unpaired) electrons. The van der Waals surface area contributed by atoms with E-state index in [0.717, 1.165) is 28.8 Å². The van der Waals surface area contributed by atoms with E-state index in [1.54, 1.807) is 23.7 Å². The first-order valence-electron chi connectivity index (χ1n) is 11.3. The molecule has 0 bridgehead atoms. The van der Waals surface area contributed by atoms with Gasteiger partial charge in [0.2, 0.25) is 5.82 Å². The Kier molecular flexibility index (Phi) is 6.51. The number of nitrogens with two attached hydrogens (primary N) is 1. The molecule has 0 spiro atoms. The molecule has 0 fully saturated rings. The molecule has 0 aliphatic heterocycles. The lowest BCUT2D eigenvalue weighted by Gasteiger charge is -2.19. The summed E-state index contributed by atoms with van der Waals surface area (Å²) in [5, 5.41) is 4.17. The largest absolute Gasteiger partial charge is 0.456 e. The first-order chi connectivity index (χ1) is 16.6. The summed E-state index contributed by atoms with van der Waals surface area (Å²) in [4.78, 5) is 27.6. The second-order valence-corrected chi connectivity index (χ2v) is 9.38. The van der Waals surface area contributed by atoms with Crippen LogP contribution in [0.4, 0.5) is 0 Å². The van der Waals surface area contributed by atoms with Crippen molar-refractivity contribution in [1.82, 2.24) is 14.8 Å². The van der Waals surface area contributed by atoms with Crippen molar-refractivity contribution in [2.45, 2.75) is 39.7 Å². The number of primary amides is 1. The number of aromatic nitrogens is 3. The number of amides is 1. The third kappa shape index (κ3) is 5.81. The molecular weight excluding hydrogens is 440 g/mol. The summed E-state index contributed by atoms with van der Waals surface area (Å²) >= 11 is 0. The van der Waals surface area contributed by atoms with E-state index in [1.807, 2.05) is 57.2 Å². The molecule has 2 N–H and O–H groups in total. The minimum absolute atomic E-state index is 0.00569. The van der Waals surface area contributed by atoms with Crippen LogP contribution in [0.3, 0.4) is 0 Å². The quantitative estimate of drug-likeness (QED) is 0.406. The maximum Gasteiger partial charge on any atom is 0.338 e. The summed E-state index contributed by atoms with van der Waals surface area (Å²) in [5.74, 6) is -0.365. The number of benzene rings is 3. The van der Waals surface area contributed by atoms with Crippen molar-refractivity contribution < 1.29 is 14.3 Å². The molecule has 4 rings (SSSR count). The predicted molar refractivity (Wildman–Crippen MR) is 134 cm³/mol. The molecule has 0 atom stereocenters. The van der Waals surface area contributed by atoms with Gasteiger partial charge in [-0.3, -0.25) is 4.79 Å². The number of esters is 1. The molecule has 35 heavy (non-hydrogen) atoms. The molecule has 3 aromatic carbocycles. The van der Waals surface area contributed by atoms with E-state index in [0.29, 0.717) is 11.4 Å². The molecule has 0 aliphatic rings. The Balaban J connectivity index is 1.42. The Bertz CT molecular complexity index is 1350. The van der Waals surface area contributed by atoms with Gasteiger partial charge in [-0.15, -0.1) is 5.10 Å². The second kappa shape index (κ2) is 9.54. The summed E-state index contributed by atoms with van der Waals surface area (Å²) in [7, 11) is 0. The Hall–Kier alpha value is -4.26. The lowest BCUT2D eigenvalue weighted by atomic mass is 9.99. The third-order valence-electron chi connectivity index (χ3n) is 5.39. The normalized spacial score (nSPS) is 11.3. The molecule has 0 saturated carbocycles. The molecule has 4 aromatic rings. The fraction of sp³-hybridized carbons (Fsp3) is 0.214. The molecule has 1 amide bonds. The summed E-state index contributed by atoms with van der Waals surface area (Å²) in [6.45, 7) is 7.34. The van der Waals surface area contributed by atoms with E-state index in [2.05, 4.69) is 34.3 Å². The van der Waals surface area contributed by atoms with Gasteiger partial charge in [-0.25, -0.2) is 14.5 Å². The molecule has 178 valence electrons. The van der Waals surface area contributed by atoms with Crippen LogP contribution in [0.2, 0.25) is 0 Å². The van der Waals surface area contributed by atoms with Crippen molar-refractivity contribution in [3.8, 4) is 16.8 Å². The SMILES string of the molecule is Cc1nc(C(N)=O)nn1-c1ccc(Cc2ccc(-c3ccc(C(=O)OC(C)(C)C)cc3)cc2)cc1. The van der Waals surface area contributed by atoms with Crippen LogP contribution in [-0.4, -0.2) is 32.2 Å². The average molecular weight is 469 g/mol. The van der Waals surface area contributed by atoms with E-state index < -0.39 is 11.5 Å². The van der Waals surface area contributed by atoms with Crippen LogP contribution < -0.4 is 5.73 Å². The van der Waals surface area contributed by atoms with Crippen LogP contribution in [0, 0.1) is 6.92 Å². The number of rotatable bonds is 6. The summed E-state index contributed by atoms with van der Waals surface area (Å²) in [5.41, 5.74) is 10.5. The molecule has 0 aliphatic carbocycles. The van der Waals surface area contributed by atoms with E-state index in [-0.39, 0.29) is 11.8 Å². The number of carbonyl (C=O) groups is 2. The van der Waals surface area contributed by atoms with Gasteiger partial charge in [-0.05, 0) is 80.6 Å². The predicted octanol–water partition coefficient (Wildman–Crippen LogP) is 4.89. The molecule has 1 heterocycles. The molecule has 1 aromatic heterocycles. The lowest BCUT2D eigenvalue weighted by molar-refractivity contribution is 0.00694. The van der Waals surface area contributed by atoms with Crippen molar-refractivity contribution in [2.75, 3.05) is 0 Å². The zero-order valence-electron chi connectivity index (χ0n) is 20.3. The summed E-state index contributed by atoms with van der Waals surface area (Å²) < 4.78 is 7.03. The Morgan fingerprint density at radius 1 is 0.857 bits per heavy atom. The van der Waals surface area contributed by atoms with Crippen LogP contribution in [0.1, 0.15) is 58.7 Å². The van der Waals surface area contributed by atoms with Gasteiger partial charge in [-0.1, -0.05) is 48.5 Å². The molecule has 7 heteroatoms. The molecule has 0 unspecified atom stereocenters. The van der Waals surface area contributed by atoms with Crippen molar-refractivity contribution in [3.05, 3.63) is 101 Å².